The lowest BCUT2D eigenvalue weighted by Crippen LogP contribution is -2.80. The molecular formula is C25H40O12. The third-order valence-corrected chi connectivity index (χ3v) is 9.79. The second-order valence-corrected chi connectivity index (χ2v) is 12.6. The van der Waals surface area contributed by atoms with E-state index < -0.39 is 96.8 Å². The first-order chi connectivity index (χ1) is 17.2. The lowest BCUT2D eigenvalue weighted by molar-refractivity contribution is -0.408. The van der Waals surface area contributed by atoms with Crippen molar-refractivity contribution < 1.29 is 59.9 Å². The Morgan fingerprint density at radius 3 is 2.41 bits per heavy atom. The van der Waals surface area contributed by atoms with Gasteiger partial charge in [0, 0.05) is 29.6 Å². The third-order valence-electron chi connectivity index (χ3n) is 9.79. The lowest BCUT2D eigenvalue weighted by Gasteiger charge is -2.65. The van der Waals surface area contributed by atoms with Gasteiger partial charge in [-0.1, -0.05) is 6.92 Å². The van der Waals surface area contributed by atoms with Crippen molar-refractivity contribution in [1.29, 1.82) is 0 Å². The van der Waals surface area contributed by atoms with Gasteiger partial charge in [-0.05, 0) is 32.6 Å². The van der Waals surface area contributed by atoms with Crippen molar-refractivity contribution >= 4 is 5.78 Å². The number of aliphatic hydroxyl groups excluding tert-OH is 7. The molecule has 15 unspecified atom stereocenters. The van der Waals surface area contributed by atoms with Gasteiger partial charge in [0.2, 0.25) is 0 Å². The predicted molar refractivity (Wildman–Crippen MR) is 123 cm³/mol. The van der Waals surface area contributed by atoms with Crippen molar-refractivity contribution in [2.45, 2.75) is 106 Å². The number of carbonyl (C=O) groups excluding carboxylic acids is 1. The van der Waals surface area contributed by atoms with Crippen LogP contribution in [0.5, 0.6) is 0 Å². The molecule has 0 radical (unpaired) electrons. The average molecular weight is 533 g/mol. The zero-order valence-electron chi connectivity index (χ0n) is 21.3. The van der Waals surface area contributed by atoms with E-state index in [1.54, 1.807) is 20.8 Å². The van der Waals surface area contributed by atoms with Crippen molar-refractivity contribution in [1.82, 2.24) is 0 Å². The molecule has 0 spiro atoms. The second-order valence-electron chi connectivity index (χ2n) is 12.6. The predicted octanol–water partition coefficient (Wildman–Crippen LogP) is -2.95. The van der Waals surface area contributed by atoms with Crippen LogP contribution in [0.25, 0.3) is 0 Å². The molecule has 2 aliphatic heterocycles. The molecule has 0 amide bonds. The Labute approximate surface area is 214 Å². The number of Topliss-reactive ketones (excluding diaryl/α,β-unsaturated/α-hetero) is 1. The topological polar surface area (TPSA) is 207 Å². The SMILES string of the molecule is CC(C)(CC(O)C1CC1C(=O)CO)OC1OC2CC(C)(C3C4OC(CO)C(O)C(O)C43)C2(O)C(O)C1O. The van der Waals surface area contributed by atoms with Gasteiger partial charge in [-0.3, -0.25) is 4.79 Å². The van der Waals surface area contributed by atoms with Gasteiger partial charge in [-0.15, -0.1) is 0 Å². The lowest BCUT2D eigenvalue weighted by atomic mass is 9.49. The number of hydrogen-bond acceptors (Lipinski definition) is 12. The van der Waals surface area contributed by atoms with Gasteiger partial charge in [-0.2, -0.15) is 0 Å². The fourth-order valence-corrected chi connectivity index (χ4v) is 7.47. The van der Waals surface area contributed by atoms with Crippen molar-refractivity contribution in [3.63, 3.8) is 0 Å². The largest absolute Gasteiger partial charge is 0.394 e. The van der Waals surface area contributed by atoms with Gasteiger partial charge in [0.05, 0.1) is 36.6 Å². The fraction of sp³-hybridized carbons (Fsp3) is 0.960. The molecule has 3 saturated carbocycles. The number of fused-ring (bicyclic) bond motifs is 2. The first-order valence-electron chi connectivity index (χ1n) is 13.1. The quantitative estimate of drug-likeness (QED) is 0.150. The van der Waals surface area contributed by atoms with Crippen LogP contribution < -0.4 is 0 Å². The molecule has 0 bridgehead atoms. The molecule has 37 heavy (non-hydrogen) atoms. The summed E-state index contributed by atoms with van der Waals surface area (Å²) in [5.74, 6) is -1.88. The van der Waals surface area contributed by atoms with Crippen LogP contribution >= 0.6 is 0 Å². The molecule has 2 heterocycles. The molecule has 12 nitrogen and oxygen atoms in total. The number of carbonyl (C=O) groups is 1. The average Bonchev–Trinajstić information content (AvgIpc) is 3.75. The van der Waals surface area contributed by atoms with Crippen molar-refractivity contribution in [2.24, 2.45) is 29.1 Å². The van der Waals surface area contributed by atoms with Crippen LogP contribution in [0, 0.1) is 29.1 Å². The number of ether oxygens (including phenoxy) is 3. The second kappa shape index (κ2) is 9.13. The summed E-state index contributed by atoms with van der Waals surface area (Å²) in [5.41, 5.74) is -3.89. The molecule has 5 aliphatic rings. The van der Waals surface area contributed by atoms with Crippen LogP contribution in [0.2, 0.25) is 0 Å². The van der Waals surface area contributed by atoms with Crippen LogP contribution in [0.3, 0.4) is 0 Å². The van der Waals surface area contributed by atoms with E-state index in [4.69, 9.17) is 19.3 Å². The summed E-state index contributed by atoms with van der Waals surface area (Å²) in [4.78, 5) is 11.7. The number of rotatable bonds is 9. The van der Waals surface area contributed by atoms with Crippen LogP contribution in [-0.2, 0) is 19.0 Å². The molecular weight excluding hydrogens is 492 g/mol. The van der Waals surface area contributed by atoms with Gasteiger partial charge in [0.1, 0.15) is 36.6 Å². The monoisotopic (exact) mass is 532 g/mol. The molecule has 8 N–H and O–H groups in total. The van der Waals surface area contributed by atoms with E-state index in [1.807, 2.05) is 0 Å². The Kier molecular flexibility index (Phi) is 6.86. The maximum Gasteiger partial charge on any atom is 0.187 e. The summed E-state index contributed by atoms with van der Waals surface area (Å²) in [5, 5.41) is 83.5. The summed E-state index contributed by atoms with van der Waals surface area (Å²) in [6.07, 6.45) is -9.32. The Balaban J connectivity index is 1.23. The maximum absolute atomic E-state index is 11.7. The summed E-state index contributed by atoms with van der Waals surface area (Å²) in [7, 11) is 0. The standard InChI is InChI=1S/C25H40O12/c1-23(2,5-11(28)9-4-10(9)12(29)7-26)37-22-19(32)21(33)25(34)14(36-22)6-24(25,3)16-15-18(31)17(30)13(8-27)35-20(15)16/h9-11,13-22,26-28,30-34H,4-8H2,1-3H3. The Hall–Kier alpha value is -0.770. The first-order valence-corrected chi connectivity index (χ1v) is 13.1. The van der Waals surface area contributed by atoms with E-state index >= 15 is 0 Å². The molecule has 0 aromatic carbocycles. The minimum atomic E-state index is -1.87. The Morgan fingerprint density at radius 1 is 1.11 bits per heavy atom. The van der Waals surface area contributed by atoms with Crippen molar-refractivity contribution in [3.05, 3.63) is 0 Å². The Bertz CT molecular complexity index is 899. The van der Waals surface area contributed by atoms with E-state index in [0.29, 0.717) is 6.42 Å². The van der Waals surface area contributed by atoms with Crippen molar-refractivity contribution in [2.75, 3.05) is 13.2 Å². The van der Waals surface area contributed by atoms with Gasteiger partial charge in [0.15, 0.2) is 12.1 Å². The summed E-state index contributed by atoms with van der Waals surface area (Å²) >= 11 is 0. The van der Waals surface area contributed by atoms with E-state index in [1.165, 1.54) is 0 Å². The molecule has 12 heteroatoms. The van der Waals surface area contributed by atoms with Crippen LogP contribution in [0.1, 0.15) is 40.0 Å². The molecule has 0 aromatic rings. The smallest absolute Gasteiger partial charge is 0.187 e. The molecule has 2 saturated heterocycles. The molecule has 15 atom stereocenters. The zero-order chi connectivity index (χ0) is 27.2. The van der Waals surface area contributed by atoms with Gasteiger partial charge >= 0.3 is 0 Å². The maximum atomic E-state index is 11.7. The molecule has 3 aliphatic carbocycles. The van der Waals surface area contributed by atoms with E-state index in [0.717, 1.165) is 0 Å². The number of aliphatic hydroxyl groups is 8. The van der Waals surface area contributed by atoms with Crippen LogP contribution in [0.15, 0.2) is 0 Å². The molecule has 212 valence electrons. The van der Waals surface area contributed by atoms with E-state index in [2.05, 4.69) is 0 Å². The highest BCUT2D eigenvalue weighted by Crippen LogP contribution is 2.70. The highest BCUT2D eigenvalue weighted by molar-refractivity contribution is 5.84. The minimum Gasteiger partial charge on any atom is -0.394 e. The van der Waals surface area contributed by atoms with Crippen LogP contribution in [0.4, 0.5) is 0 Å². The van der Waals surface area contributed by atoms with Gasteiger partial charge in [-0.25, -0.2) is 0 Å². The van der Waals surface area contributed by atoms with Gasteiger partial charge < -0.3 is 55.1 Å². The fourth-order valence-electron chi connectivity index (χ4n) is 7.47. The summed E-state index contributed by atoms with van der Waals surface area (Å²) < 4.78 is 17.6. The first kappa shape index (κ1) is 27.8. The summed E-state index contributed by atoms with van der Waals surface area (Å²) in [6.45, 7) is 4.07. The van der Waals surface area contributed by atoms with E-state index in [9.17, 15) is 40.5 Å². The highest BCUT2D eigenvalue weighted by atomic mass is 16.7. The number of hydrogen-bond donors (Lipinski definition) is 8. The number of ketones is 1. The highest BCUT2D eigenvalue weighted by Gasteiger charge is 2.81. The van der Waals surface area contributed by atoms with Gasteiger partial charge in [0.25, 0.3) is 0 Å². The molecule has 5 fully saturated rings. The Morgan fingerprint density at radius 2 is 1.78 bits per heavy atom. The summed E-state index contributed by atoms with van der Waals surface area (Å²) in [6, 6.07) is 0. The normalized spacial score (nSPS) is 53.5. The zero-order valence-corrected chi connectivity index (χ0v) is 21.3. The third kappa shape index (κ3) is 4.12. The van der Waals surface area contributed by atoms with Crippen molar-refractivity contribution in [3.8, 4) is 0 Å². The molecule has 0 aromatic heterocycles. The minimum absolute atomic E-state index is 0.122. The van der Waals surface area contributed by atoms with Crippen LogP contribution in [-0.4, -0.2) is 126 Å². The van der Waals surface area contributed by atoms with E-state index in [-0.39, 0.29) is 30.5 Å². The molecule has 5 rings (SSSR count).